The molecule has 0 aromatic heterocycles. The Bertz CT molecular complexity index is 413. The van der Waals surface area contributed by atoms with E-state index in [1.807, 2.05) is 0 Å². The van der Waals surface area contributed by atoms with Crippen LogP contribution in [-0.4, -0.2) is 17.1 Å². The summed E-state index contributed by atoms with van der Waals surface area (Å²) in [5.74, 6) is -2.88. The number of rotatable bonds is 5. The van der Waals surface area contributed by atoms with E-state index in [2.05, 4.69) is 5.32 Å². The fraction of sp³-hybridized carbons (Fsp3) is 0.417. The number of hydrogen-bond acceptors (Lipinski definition) is 2. The van der Waals surface area contributed by atoms with Gasteiger partial charge in [-0.25, -0.2) is 8.78 Å². The van der Waals surface area contributed by atoms with Crippen molar-refractivity contribution >= 4 is 18.4 Å². The first-order valence-corrected chi connectivity index (χ1v) is 5.32. The van der Waals surface area contributed by atoms with Crippen molar-refractivity contribution in [1.29, 1.82) is 0 Å². The number of carbonyl (C=O) groups is 1. The highest BCUT2D eigenvalue weighted by atomic mass is 35.5. The summed E-state index contributed by atoms with van der Waals surface area (Å²) in [6.45, 7) is 3.74. The van der Waals surface area contributed by atoms with Crippen molar-refractivity contribution in [2.45, 2.75) is 26.4 Å². The van der Waals surface area contributed by atoms with Gasteiger partial charge in [0.1, 0.15) is 6.04 Å². The smallest absolute Gasteiger partial charge is 0.320 e. The molecule has 0 saturated heterocycles. The minimum atomic E-state index is -0.956. The van der Waals surface area contributed by atoms with E-state index >= 15 is 0 Å². The number of hydrogen-bond donors (Lipinski definition) is 2. The maximum Gasteiger partial charge on any atom is 0.320 e. The molecule has 102 valence electrons. The lowest BCUT2D eigenvalue weighted by atomic mass is 10.0. The summed E-state index contributed by atoms with van der Waals surface area (Å²) in [4.78, 5) is 10.9. The summed E-state index contributed by atoms with van der Waals surface area (Å²) in [5, 5.41) is 11.7. The zero-order valence-corrected chi connectivity index (χ0v) is 10.9. The van der Waals surface area contributed by atoms with Gasteiger partial charge >= 0.3 is 5.97 Å². The number of halogens is 3. The Balaban J connectivity index is 0.00000289. The lowest BCUT2D eigenvalue weighted by Crippen LogP contribution is -2.40. The van der Waals surface area contributed by atoms with Crippen LogP contribution in [0.2, 0.25) is 0 Å². The molecule has 0 amide bonds. The molecular formula is C12H16ClF2NO2. The minimum Gasteiger partial charge on any atom is -0.480 e. The van der Waals surface area contributed by atoms with Crippen LogP contribution in [0.3, 0.4) is 0 Å². The highest BCUT2D eigenvalue weighted by Gasteiger charge is 2.20. The van der Waals surface area contributed by atoms with Crippen molar-refractivity contribution in [3.8, 4) is 0 Å². The molecule has 0 aliphatic rings. The number of benzene rings is 1. The Kier molecular flexibility index (Phi) is 6.80. The zero-order chi connectivity index (χ0) is 13.0. The van der Waals surface area contributed by atoms with Crippen LogP contribution in [0.5, 0.6) is 0 Å². The largest absolute Gasteiger partial charge is 0.480 e. The molecule has 0 spiro atoms. The van der Waals surface area contributed by atoms with Crippen molar-refractivity contribution in [2.75, 3.05) is 0 Å². The summed E-state index contributed by atoms with van der Waals surface area (Å²) in [6.07, 6.45) is 0. The Hall–Kier alpha value is -1.20. The molecule has 0 unspecified atom stereocenters. The quantitative estimate of drug-likeness (QED) is 0.871. The molecule has 0 saturated carbocycles. The molecule has 6 heteroatoms. The number of carboxylic acid groups (broad SMARTS) is 1. The molecule has 0 bridgehead atoms. The van der Waals surface area contributed by atoms with Crippen LogP contribution >= 0.6 is 12.4 Å². The van der Waals surface area contributed by atoms with Crippen molar-refractivity contribution < 1.29 is 18.7 Å². The highest BCUT2D eigenvalue weighted by molar-refractivity contribution is 5.85. The van der Waals surface area contributed by atoms with E-state index in [9.17, 15) is 13.6 Å². The second kappa shape index (κ2) is 7.28. The van der Waals surface area contributed by atoms with Gasteiger partial charge in [0.25, 0.3) is 0 Å². The standard InChI is InChI=1S/C12H15F2NO2.ClH/c1-7(2)11(12(16)17)15-6-8-3-4-9(13)10(14)5-8;/h3-5,7,11,15H,6H2,1-2H3,(H,16,17);1H/t11-;/m0./s1. The maximum absolute atomic E-state index is 12.9. The van der Waals surface area contributed by atoms with Gasteiger partial charge in [0, 0.05) is 6.54 Å². The van der Waals surface area contributed by atoms with Gasteiger partial charge in [0.15, 0.2) is 11.6 Å². The van der Waals surface area contributed by atoms with Crippen LogP contribution in [-0.2, 0) is 11.3 Å². The monoisotopic (exact) mass is 279 g/mol. The Morgan fingerprint density at radius 1 is 1.33 bits per heavy atom. The highest BCUT2D eigenvalue weighted by Crippen LogP contribution is 2.09. The van der Waals surface area contributed by atoms with Crippen LogP contribution in [0.15, 0.2) is 18.2 Å². The lowest BCUT2D eigenvalue weighted by Gasteiger charge is -2.17. The zero-order valence-electron chi connectivity index (χ0n) is 10.1. The molecule has 0 heterocycles. The fourth-order valence-corrected chi connectivity index (χ4v) is 1.49. The van der Waals surface area contributed by atoms with E-state index in [4.69, 9.17) is 5.11 Å². The van der Waals surface area contributed by atoms with Gasteiger partial charge < -0.3 is 10.4 Å². The molecule has 1 aromatic carbocycles. The second-order valence-corrected chi connectivity index (χ2v) is 4.19. The summed E-state index contributed by atoms with van der Waals surface area (Å²) >= 11 is 0. The minimum absolute atomic E-state index is 0. The van der Waals surface area contributed by atoms with Crippen molar-refractivity contribution in [3.05, 3.63) is 35.4 Å². The molecule has 18 heavy (non-hydrogen) atoms. The maximum atomic E-state index is 12.9. The Morgan fingerprint density at radius 3 is 2.39 bits per heavy atom. The van der Waals surface area contributed by atoms with E-state index in [0.29, 0.717) is 5.56 Å². The molecule has 0 fully saturated rings. The lowest BCUT2D eigenvalue weighted by molar-refractivity contribution is -0.140. The average molecular weight is 280 g/mol. The molecule has 2 N–H and O–H groups in total. The summed E-state index contributed by atoms with van der Waals surface area (Å²) in [7, 11) is 0. The first-order chi connectivity index (χ1) is 7.91. The fourth-order valence-electron chi connectivity index (χ4n) is 1.49. The summed E-state index contributed by atoms with van der Waals surface area (Å²) in [5.41, 5.74) is 0.510. The normalized spacial score (nSPS) is 12.1. The number of carboxylic acids is 1. The van der Waals surface area contributed by atoms with Crippen LogP contribution in [0.4, 0.5) is 8.78 Å². The Morgan fingerprint density at radius 2 is 1.94 bits per heavy atom. The summed E-state index contributed by atoms with van der Waals surface area (Å²) < 4.78 is 25.6. The van der Waals surface area contributed by atoms with Crippen LogP contribution in [0.25, 0.3) is 0 Å². The molecule has 1 aromatic rings. The number of nitrogens with one attached hydrogen (secondary N) is 1. The predicted octanol–water partition coefficient (Wildman–Crippen LogP) is 2.59. The van der Waals surface area contributed by atoms with Gasteiger partial charge in [-0.05, 0) is 23.6 Å². The predicted molar refractivity (Wildman–Crippen MR) is 66.7 cm³/mol. The SMILES string of the molecule is CC(C)[C@H](NCc1ccc(F)c(F)c1)C(=O)O.Cl. The second-order valence-electron chi connectivity index (χ2n) is 4.19. The van der Waals surface area contributed by atoms with Gasteiger partial charge in [-0.2, -0.15) is 0 Å². The Labute approximate surface area is 111 Å². The first kappa shape index (κ1) is 16.8. The molecular weight excluding hydrogens is 264 g/mol. The molecule has 0 aliphatic heterocycles. The van der Waals surface area contributed by atoms with Crippen LogP contribution < -0.4 is 5.32 Å². The van der Waals surface area contributed by atoms with Crippen molar-refractivity contribution in [3.63, 3.8) is 0 Å². The number of aliphatic carboxylic acids is 1. The molecule has 0 aliphatic carbocycles. The topological polar surface area (TPSA) is 49.3 Å². The average Bonchev–Trinajstić information content (AvgIpc) is 2.22. The van der Waals surface area contributed by atoms with E-state index in [0.717, 1.165) is 12.1 Å². The third kappa shape index (κ3) is 4.58. The summed E-state index contributed by atoms with van der Waals surface area (Å²) in [6, 6.07) is 2.80. The van der Waals surface area contributed by atoms with Crippen LogP contribution in [0, 0.1) is 17.6 Å². The van der Waals surface area contributed by atoms with Crippen molar-refractivity contribution in [1.82, 2.24) is 5.32 Å². The van der Waals surface area contributed by atoms with E-state index in [1.165, 1.54) is 6.07 Å². The van der Waals surface area contributed by atoms with Gasteiger partial charge in [-0.1, -0.05) is 19.9 Å². The van der Waals surface area contributed by atoms with Gasteiger partial charge in [-0.3, -0.25) is 4.79 Å². The van der Waals surface area contributed by atoms with Gasteiger partial charge in [0.05, 0.1) is 0 Å². The molecule has 1 atom stereocenters. The van der Waals surface area contributed by atoms with Gasteiger partial charge in [0.2, 0.25) is 0 Å². The van der Waals surface area contributed by atoms with Crippen LogP contribution in [0.1, 0.15) is 19.4 Å². The van der Waals surface area contributed by atoms with E-state index < -0.39 is 23.6 Å². The van der Waals surface area contributed by atoms with E-state index in [-0.39, 0.29) is 24.9 Å². The van der Waals surface area contributed by atoms with Gasteiger partial charge in [-0.15, -0.1) is 12.4 Å². The molecule has 1 rings (SSSR count). The van der Waals surface area contributed by atoms with E-state index in [1.54, 1.807) is 13.8 Å². The third-order valence-corrected chi connectivity index (χ3v) is 2.44. The molecule has 0 radical (unpaired) electrons. The van der Waals surface area contributed by atoms with Crippen molar-refractivity contribution in [2.24, 2.45) is 5.92 Å². The molecule has 3 nitrogen and oxygen atoms in total. The first-order valence-electron chi connectivity index (χ1n) is 5.32. The third-order valence-electron chi connectivity index (χ3n) is 2.44.